The van der Waals surface area contributed by atoms with Crippen LogP contribution in [0.5, 0.6) is 0 Å². The van der Waals surface area contributed by atoms with Crippen molar-refractivity contribution in [2.24, 2.45) is 5.73 Å². The smallest absolute Gasteiger partial charge is 0.125 e. The summed E-state index contributed by atoms with van der Waals surface area (Å²) in [6.45, 7) is 0.386. The lowest BCUT2D eigenvalue weighted by Gasteiger charge is -2.06. The van der Waals surface area contributed by atoms with Crippen LogP contribution in [0.2, 0.25) is 0 Å². The standard InChI is InChI=1S/C10H13FN2/c11-8-3-7(6-12)4-10(5-8)13-9-1-2-9/h3-5,9,13H,1-2,6,12H2. The van der Waals surface area contributed by atoms with E-state index < -0.39 is 0 Å². The summed E-state index contributed by atoms with van der Waals surface area (Å²) in [5, 5.41) is 3.24. The largest absolute Gasteiger partial charge is 0.382 e. The Bertz CT molecular complexity index is 308. The van der Waals surface area contributed by atoms with Crippen molar-refractivity contribution in [1.29, 1.82) is 0 Å². The molecule has 3 N–H and O–H groups in total. The van der Waals surface area contributed by atoms with Crippen LogP contribution in [0.1, 0.15) is 18.4 Å². The van der Waals surface area contributed by atoms with Gasteiger partial charge < -0.3 is 11.1 Å². The molecule has 2 rings (SSSR count). The van der Waals surface area contributed by atoms with Gasteiger partial charge in [0.1, 0.15) is 5.82 Å². The molecule has 2 nitrogen and oxygen atoms in total. The van der Waals surface area contributed by atoms with Crippen LogP contribution >= 0.6 is 0 Å². The number of halogens is 1. The minimum Gasteiger partial charge on any atom is -0.382 e. The van der Waals surface area contributed by atoms with Crippen molar-refractivity contribution in [3.8, 4) is 0 Å². The van der Waals surface area contributed by atoms with Gasteiger partial charge in [-0.1, -0.05) is 0 Å². The predicted octanol–water partition coefficient (Wildman–Crippen LogP) is 1.86. The maximum atomic E-state index is 13.0. The molecular weight excluding hydrogens is 167 g/mol. The SMILES string of the molecule is NCc1cc(F)cc(NC2CC2)c1. The molecular formula is C10H13FN2. The van der Waals surface area contributed by atoms with Crippen molar-refractivity contribution >= 4 is 5.69 Å². The first-order chi connectivity index (χ1) is 6.28. The van der Waals surface area contributed by atoms with Crippen LogP contribution in [-0.4, -0.2) is 6.04 Å². The van der Waals surface area contributed by atoms with E-state index in [-0.39, 0.29) is 5.82 Å². The quantitative estimate of drug-likeness (QED) is 0.745. The topological polar surface area (TPSA) is 38.0 Å². The van der Waals surface area contributed by atoms with E-state index in [2.05, 4.69) is 5.32 Å². The fraction of sp³-hybridized carbons (Fsp3) is 0.400. The van der Waals surface area contributed by atoms with Gasteiger partial charge in [0.15, 0.2) is 0 Å². The maximum absolute atomic E-state index is 13.0. The molecule has 0 unspecified atom stereocenters. The number of nitrogens with two attached hydrogens (primary N) is 1. The fourth-order valence-corrected chi connectivity index (χ4v) is 1.31. The number of hydrogen-bond donors (Lipinski definition) is 2. The lowest BCUT2D eigenvalue weighted by atomic mass is 10.2. The highest BCUT2D eigenvalue weighted by Crippen LogP contribution is 2.25. The highest BCUT2D eigenvalue weighted by molar-refractivity contribution is 5.47. The second kappa shape index (κ2) is 3.34. The van der Waals surface area contributed by atoms with Crippen LogP contribution in [0, 0.1) is 5.82 Å². The fourth-order valence-electron chi connectivity index (χ4n) is 1.31. The number of hydrogen-bond acceptors (Lipinski definition) is 2. The lowest BCUT2D eigenvalue weighted by Crippen LogP contribution is -2.03. The summed E-state index contributed by atoms with van der Waals surface area (Å²) in [7, 11) is 0. The second-order valence-corrected chi connectivity index (χ2v) is 3.47. The molecule has 0 spiro atoms. The number of nitrogens with one attached hydrogen (secondary N) is 1. The van der Waals surface area contributed by atoms with Crippen LogP contribution in [0.3, 0.4) is 0 Å². The van der Waals surface area contributed by atoms with Gasteiger partial charge in [0.25, 0.3) is 0 Å². The Morgan fingerprint density at radius 2 is 2.15 bits per heavy atom. The zero-order valence-corrected chi connectivity index (χ0v) is 7.39. The molecule has 1 aliphatic rings. The molecule has 1 aliphatic carbocycles. The van der Waals surface area contributed by atoms with Gasteiger partial charge in [-0.3, -0.25) is 0 Å². The summed E-state index contributed by atoms with van der Waals surface area (Å²) in [6.07, 6.45) is 2.38. The summed E-state index contributed by atoms with van der Waals surface area (Å²) in [5.41, 5.74) is 7.13. The predicted molar refractivity (Wildman–Crippen MR) is 50.9 cm³/mol. The molecule has 0 radical (unpaired) electrons. The summed E-state index contributed by atoms with van der Waals surface area (Å²) in [4.78, 5) is 0. The normalized spacial score (nSPS) is 15.8. The van der Waals surface area contributed by atoms with Crippen LogP contribution in [0.25, 0.3) is 0 Å². The summed E-state index contributed by atoms with van der Waals surface area (Å²) in [6, 6.07) is 5.43. The average molecular weight is 180 g/mol. The van der Waals surface area contributed by atoms with E-state index in [1.807, 2.05) is 6.07 Å². The Hall–Kier alpha value is -1.09. The second-order valence-electron chi connectivity index (χ2n) is 3.47. The maximum Gasteiger partial charge on any atom is 0.125 e. The molecule has 0 aromatic heterocycles. The highest BCUT2D eigenvalue weighted by atomic mass is 19.1. The first-order valence-electron chi connectivity index (χ1n) is 4.54. The van der Waals surface area contributed by atoms with Gasteiger partial charge in [0, 0.05) is 18.3 Å². The Morgan fingerprint density at radius 1 is 1.38 bits per heavy atom. The Labute approximate surface area is 76.9 Å². The van der Waals surface area contributed by atoms with Gasteiger partial charge in [-0.05, 0) is 36.6 Å². The lowest BCUT2D eigenvalue weighted by molar-refractivity contribution is 0.626. The third kappa shape index (κ3) is 2.18. The molecule has 0 atom stereocenters. The zero-order valence-electron chi connectivity index (χ0n) is 7.39. The van der Waals surface area contributed by atoms with Gasteiger partial charge in [0.2, 0.25) is 0 Å². The molecule has 0 heterocycles. The van der Waals surface area contributed by atoms with Crippen LogP contribution < -0.4 is 11.1 Å². The number of rotatable bonds is 3. The van der Waals surface area contributed by atoms with Gasteiger partial charge in [-0.15, -0.1) is 0 Å². The molecule has 70 valence electrons. The molecule has 0 saturated heterocycles. The minimum atomic E-state index is -0.217. The van der Waals surface area contributed by atoms with E-state index in [4.69, 9.17) is 5.73 Å². The van der Waals surface area contributed by atoms with Crippen LogP contribution in [0.4, 0.5) is 10.1 Å². The van der Waals surface area contributed by atoms with E-state index in [0.29, 0.717) is 12.6 Å². The van der Waals surface area contributed by atoms with Gasteiger partial charge in [0.05, 0.1) is 0 Å². The van der Waals surface area contributed by atoms with Gasteiger partial charge >= 0.3 is 0 Å². The van der Waals surface area contributed by atoms with E-state index in [9.17, 15) is 4.39 Å². The number of anilines is 1. The van der Waals surface area contributed by atoms with Crippen molar-refractivity contribution in [3.05, 3.63) is 29.6 Å². The summed E-state index contributed by atoms with van der Waals surface area (Å²) >= 11 is 0. The van der Waals surface area contributed by atoms with E-state index in [0.717, 1.165) is 11.3 Å². The number of benzene rings is 1. The first-order valence-corrected chi connectivity index (χ1v) is 4.54. The van der Waals surface area contributed by atoms with Crippen molar-refractivity contribution < 1.29 is 4.39 Å². The monoisotopic (exact) mass is 180 g/mol. The van der Waals surface area contributed by atoms with Crippen LogP contribution in [-0.2, 0) is 6.54 Å². The Kier molecular flexibility index (Phi) is 2.19. The molecule has 13 heavy (non-hydrogen) atoms. The van der Waals surface area contributed by atoms with E-state index in [1.54, 1.807) is 0 Å². The van der Waals surface area contributed by atoms with E-state index >= 15 is 0 Å². The minimum absolute atomic E-state index is 0.217. The molecule has 0 aliphatic heterocycles. The van der Waals surface area contributed by atoms with E-state index in [1.165, 1.54) is 25.0 Å². The zero-order chi connectivity index (χ0) is 9.26. The van der Waals surface area contributed by atoms with Gasteiger partial charge in [-0.2, -0.15) is 0 Å². The summed E-state index contributed by atoms with van der Waals surface area (Å²) < 4.78 is 13.0. The molecule has 0 bridgehead atoms. The van der Waals surface area contributed by atoms with Crippen molar-refractivity contribution in [2.75, 3.05) is 5.32 Å². The van der Waals surface area contributed by atoms with Crippen molar-refractivity contribution in [2.45, 2.75) is 25.4 Å². The molecule has 1 aromatic carbocycles. The third-order valence-electron chi connectivity index (χ3n) is 2.14. The Morgan fingerprint density at radius 3 is 2.77 bits per heavy atom. The molecule has 0 amide bonds. The van der Waals surface area contributed by atoms with Crippen LogP contribution in [0.15, 0.2) is 18.2 Å². The highest BCUT2D eigenvalue weighted by Gasteiger charge is 2.20. The van der Waals surface area contributed by atoms with Crippen molar-refractivity contribution in [1.82, 2.24) is 0 Å². The summed E-state index contributed by atoms with van der Waals surface area (Å²) in [5.74, 6) is -0.217. The van der Waals surface area contributed by atoms with Gasteiger partial charge in [-0.25, -0.2) is 4.39 Å². The Balaban J connectivity index is 2.17. The molecule has 1 aromatic rings. The van der Waals surface area contributed by atoms with Crippen molar-refractivity contribution in [3.63, 3.8) is 0 Å². The first kappa shape index (κ1) is 8.51. The molecule has 1 saturated carbocycles. The molecule has 1 fully saturated rings. The molecule has 3 heteroatoms. The third-order valence-corrected chi connectivity index (χ3v) is 2.14. The average Bonchev–Trinajstić information content (AvgIpc) is 2.87.